The number of aromatic nitrogens is 2. The van der Waals surface area contributed by atoms with Crippen LogP contribution in [0.2, 0.25) is 0 Å². The second-order valence-electron chi connectivity index (χ2n) is 6.33. The first-order valence-electron chi connectivity index (χ1n) is 8.79. The van der Waals surface area contributed by atoms with Gasteiger partial charge in [-0.3, -0.25) is 0 Å². The Kier molecular flexibility index (Phi) is 4.10. The lowest BCUT2D eigenvalue weighted by Crippen LogP contribution is -2.21. The molecule has 0 unspecified atom stereocenters. The van der Waals surface area contributed by atoms with Gasteiger partial charge in [0.25, 0.3) is 0 Å². The van der Waals surface area contributed by atoms with E-state index in [2.05, 4.69) is 77.2 Å². The Morgan fingerprint density at radius 2 is 1.96 bits per heavy atom. The zero-order valence-electron chi connectivity index (χ0n) is 14.7. The van der Waals surface area contributed by atoms with Gasteiger partial charge < -0.3 is 9.80 Å². The second kappa shape index (κ2) is 6.55. The fraction of sp³-hybridized carbons (Fsp3) is 0.238. The number of hydrogen-bond donors (Lipinski definition) is 0. The number of aryl methyl sites for hydroxylation is 1. The minimum Gasteiger partial charge on any atom is -0.326 e. The van der Waals surface area contributed by atoms with Gasteiger partial charge in [-0.15, -0.1) is 0 Å². The van der Waals surface area contributed by atoms with Crippen LogP contribution in [0.1, 0.15) is 18.1 Å². The molecule has 0 bridgehead atoms. The summed E-state index contributed by atoms with van der Waals surface area (Å²) < 4.78 is 0. The van der Waals surface area contributed by atoms with Crippen LogP contribution in [0.25, 0.3) is 0 Å². The van der Waals surface area contributed by atoms with E-state index < -0.39 is 0 Å². The summed E-state index contributed by atoms with van der Waals surface area (Å²) in [5.74, 6) is 1.70. The Labute approximate surface area is 148 Å². The lowest BCUT2D eigenvalue weighted by Gasteiger charge is -2.24. The molecule has 0 aliphatic carbocycles. The number of anilines is 4. The molecule has 1 aliphatic heterocycles. The summed E-state index contributed by atoms with van der Waals surface area (Å²) in [7, 11) is 0. The molecule has 2 aromatic carbocycles. The van der Waals surface area contributed by atoms with Crippen molar-refractivity contribution in [3.8, 4) is 0 Å². The monoisotopic (exact) mass is 330 g/mol. The lowest BCUT2D eigenvalue weighted by atomic mass is 10.2. The standard InChI is InChI=1S/C21H22N4/c1-3-24(18-9-6-7-16(2)15-18)20-11-13-22-21(23-20)25-14-12-17-8-4-5-10-19(17)25/h4-11,13,15H,3,12,14H2,1-2H3. The van der Waals surface area contributed by atoms with Gasteiger partial charge in [0.05, 0.1) is 0 Å². The van der Waals surface area contributed by atoms with Crippen molar-refractivity contribution in [1.29, 1.82) is 0 Å². The van der Waals surface area contributed by atoms with E-state index in [0.717, 1.165) is 37.0 Å². The Morgan fingerprint density at radius 3 is 2.80 bits per heavy atom. The third-order valence-corrected chi connectivity index (χ3v) is 4.66. The Balaban J connectivity index is 1.70. The van der Waals surface area contributed by atoms with Crippen LogP contribution in [-0.2, 0) is 6.42 Å². The van der Waals surface area contributed by atoms with Crippen molar-refractivity contribution in [3.63, 3.8) is 0 Å². The first-order valence-corrected chi connectivity index (χ1v) is 8.79. The van der Waals surface area contributed by atoms with E-state index in [9.17, 15) is 0 Å². The molecule has 0 amide bonds. The molecule has 3 aromatic rings. The van der Waals surface area contributed by atoms with E-state index in [-0.39, 0.29) is 0 Å². The third-order valence-electron chi connectivity index (χ3n) is 4.66. The van der Waals surface area contributed by atoms with Crippen molar-refractivity contribution in [2.45, 2.75) is 20.3 Å². The number of hydrogen-bond acceptors (Lipinski definition) is 4. The molecule has 1 aromatic heterocycles. The highest BCUT2D eigenvalue weighted by Gasteiger charge is 2.22. The molecule has 4 nitrogen and oxygen atoms in total. The largest absolute Gasteiger partial charge is 0.326 e. The summed E-state index contributed by atoms with van der Waals surface area (Å²) in [6, 6.07) is 19.0. The molecular weight excluding hydrogens is 308 g/mol. The minimum atomic E-state index is 0.772. The van der Waals surface area contributed by atoms with Gasteiger partial charge in [-0.25, -0.2) is 4.98 Å². The van der Waals surface area contributed by atoms with Crippen LogP contribution in [0.4, 0.5) is 23.1 Å². The maximum Gasteiger partial charge on any atom is 0.231 e. The predicted octanol–water partition coefficient (Wildman–Crippen LogP) is 4.64. The molecule has 0 fully saturated rings. The average Bonchev–Trinajstić information content (AvgIpc) is 3.07. The highest BCUT2D eigenvalue weighted by Crippen LogP contribution is 2.33. The zero-order chi connectivity index (χ0) is 17.2. The molecule has 0 saturated heterocycles. The molecule has 126 valence electrons. The smallest absolute Gasteiger partial charge is 0.231 e. The topological polar surface area (TPSA) is 32.3 Å². The first kappa shape index (κ1) is 15.6. The van der Waals surface area contributed by atoms with Gasteiger partial charge in [0.1, 0.15) is 5.82 Å². The molecule has 0 saturated carbocycles. The normalized spacial score (nSPS) is 13.0. The summed E-state index contributed by atoms with van der Waals surface area (Å²) in [5.41, 5.74) is 4.99. The fourth-order valence-corrected chi connectivity index (χ4v) is 3.44. The van der Waals surface area contributed by atoms with Crippen LogP contribution in [0.5, 0.6) is 0 Å². The Bertz CT molecular complexity index is 890. The van der Waals surface area contributed by atoms with Crippen molar-refractivity contribution in [3.05, 3.63) is 71.9 Å². The van der Waals surface area contributed by atoms with Gasteiger partial charge in [-0.1, -0.05) is 30.3 Å². The molecular formula is C21H22N4. The Morgan fingerprint density at radius 1 is 1.08 bits per heavy atom. The molecule has 0 spiro atoms. The number of nitrogens with zero attached hydrogens (tertiary/aromatic N) is 4. The van der Waals surface area contributed by atoms with Crippen molar-refractivity contribution in [2.24, 2.45) is 0 Å². The summed E-state index contributed by atoms with van der Waals surface area (Å²) in [4.78, 5) is 13.8. The fourth-order valence-electron chi connectivity index (χ4n) is 3.44. The molecule has 0 atom stereocenters. The molecule has 25 heavy (non-hydrogen) atoms. The number of rotatable bonds is 4. The van der Waals surface area contributed by atoms with E-state index in [4.69, 9.17) is 4.98 Å². The highest BCUT2D eigenvalue weighted by molar-refractivity contribution is 5.67. The van der Waals surface area contributed by atoms with Gasteiger partial charge in [-0.2, -0.15) is 4.98 Å². The molecule has 4 rings (SSSR count). The summed E-state index contributed by atoms with van der Waals surface area (Å²) >= 11 is 0. The van der Waals surface area contributed by atoms with Crippen LogP contribution in [0, 0.1) is 6.92 Å². The van der Waals surface area contributed by atoms with Gasteiger partial charge >= 0.3 is 0 Å². The van der Waals surface area contributed by atoms with E-state index in [1.807, 2.05) is 12.3 Å². The minimum absolute atomic E-state index is 0.772. The van der Waals surface area contributed by atoms with Crippen LogP contribution in [-0.4, -0.2) is 23.1 Å². The SMILES string of the molecule is CCN(c1cccc(C)c1)c1ccnc(N2CCc3ccccc32)n1. The Hall–Kier alpha value is -2.88. The van der Waals surface area contributed by atoms with Crippen molar-refractivity contribution in [2.75, 3.05) is 22.9 Å². The van der Waals surface area contributed by atoms with Crippen LogP contribution >= 0.6 is 0 Å². The van der Waals surface area contributed by atoms with E-state index in [0.29, 0.717) is 0 Å². The summed E-state index contributed by atoms with van der Waals surface area (Å²) in [5, 5.41) is 0. The summed E-state index contributed by atoms with van der Waals surface area (Å²) in [6.45, 7) is 6.05. The molecule has 1 aliphatic rings. The van der Waals surface area contributed by atoms with E-state index in [1.54, 1.807) is 0 Å². The average molecular weight is 330 g/mol. The van der Waals surface area contributed by atoms with Crippen molar-refractivity contribution < 1.29 is 0 Å². The van der Waals surface area contributed by atoms with Gasteiger partial charge in [0, 0.05) is 30.7 Å². The number of para-hydroxylation sites is 1. The van der Waals surface area contributed by atoms with Crippen molar-refractivity contribution >= 4 is 23.1 Å². The molecule has 0 radical (unpaired) electrons. The van der Waals surface area contributed by atoms with Crippen LogP contribution < -0.4 is 9.80 Å². The summed E-state index contributed by atoms with van der Waals surface area (Å²) in [6.07, 6.45) is 2.90. The van der Waals surface area contributed by atoms with Gasteiger partial charge in [0.2, 0.25) is 5.95 Å². The van der Waals surface area contributed by atoms with Crippen molar-refractivity contribution in [1.82, 2.24) is 9.97 Å². The molecule has 2 heterocycles. The number of benzene rings is 2. The maximum atomic E-state index is 4.87. The second-order valence-corrected chi connectivity index (χ2v) is 6.33. The molecule has 4 heteroatoms. The van der Waals surface area contributed by atoms with E-state index >= 15 is 0 Å². The van der Waals surface area contributed by atoms with Crippen LogP contribution in [0.15, 0.2) is 60.8 Å². The lowest BCUT2D eigenvalue weighted by molar-refractivity contribution is 0.918. The van der Waals surface area contributed by atoms with Crippen LogP contribution in [0.3, 0.4) is 0 Å². The molecule has 0 N–H and O–H groups in total. The van der Waals surface area contributed by atoms with Gasteiger partial charge in [-0.05, 0) is 55.7 Å². The van der Waals surface area contributed by atoms with E-state index in [1.165, 1.54) is 16.8 Å². The highest BCUT2D eigenvalue weighted by atomic mass is 15.3. The first-order chi connectivity index (χ1) is 12.3. The maximum absolute atomic E-state index is 4.87. The zero-order valence-corrected chi connectivity index (χ0v) is 14.7. The van der Waals surface area contributed by atoms with Gasteiger partial charge in [0.15, 0.2) is 0 Å². The number of fused-ring (bicyclic) bond motifs is 1. The predicted molar refractivity (Wildman–Crippen MR) is 103 cm³/mol. The third kappa shape index (κ3) is 2.95. The quantitative estimate of drug-likeness (QED) is 0.698.